The van der Waals surface area contributed by atoms with E-state index in [1.807, 2.05) is 0 Å². The summed E-state index contributed by atoms with van der Waals surface area (Å²) >= 11 is 0. The van der Waals surface area contributed by atoms with Gasteiger partial charge in [0.1, 0.15) is 5.69 Å². The fourth-order valence-corrected chi connectivity index (χ4v) is 1.66. The highest BCUT2D eigenvalue weighted by Gasteiger charge is 2.19. The molecule has 3 N–H and O–H groups in total. The fraction of sp³-hybridized carbons (Fsp3) is 0. The summed E-state index contributed by atoms with van der Waals surface area (Å²) in [7, 11) is 0. The molecule has 0 saturated heterocycles. The molecule has 0 aliphatic heterocycles. The maximum Gasteiger partial charge on any atom is 0.299 e. The van der Waals surface area contributed by atoms with Crippen LogP contribution in [0.5, 0.6) is 0 Å². The zero-order chi connectivity index (χ0) is 14.7. The molecule has 8 nitrogen and oxygen atoms in total. The molecule has 0 aromatic heterocycles. The second-order valence-corrected chi connectivity index (χ2v) is 3.97. The summed E-state index contributed by atoms with van der Waals surface area (Å²) in [6, 6.07) is 10.0. The van der Waals surface area contributed by atoms with Crippen LogP contribution in [0.15, 0.2) is 42.5 Å². The molecule has 0 aliphatic carbocycles. The zero-order valence-corrected chi connectivity index (χ0v) is 10.1. The Morgan fingerprint density at radius 2 is 1.75 bits per heavy atom. The van der Waals surface area contributed by atoms with E-state index in [9.17, 15) is 20.2 Å². The minimum Gasteiger partial charge on any atom is -0.399 e. The highest BCUT2D eigenvalue weighted by Crippen LogP contribution is 2.31. The Bertz CT molecular complexity index is 687. The topological polar surface area (TPSA) is 124 Å². The number of anilines is 3. The molecule has 0 amide bonds. The first-order valence-electron chi connectivity index (χ1n) is 5.53. The number of rotatable bonds is 4. The quantitative estimate of drug-likeness (QED) is 0.501. The van der Waals surface area contributed by atoms with E-state index in [-0.39, 0.29) is 17.1 Å². The van der Waals surface area contributed by atoms with Crippen molar-refractivity contribution in [2.75, 3.05) is 11.1 Å². The zero-order valence-electron chi connectivity index (χ0n) is 10.1. The first-order chi connectivity index (χ1) is 9.47. The highest BCUT2D eigenvalue weighted by atomic mass is 16.6. The first-order valence-corrected chi connectivity index (χ1v) is 5.53. The van der Waals surface area contributed by atoms with E-state index < -0.39 is 9.85 Å². The molecular weight excluding hydrogens is 264 g/mol. The third kappa shape index (κ3) is 2.80. The SMILES string of the molecule is Nc1cccc(Nc2ccc([N+](=O)[O-])cc2[N+](=O)[O-])c1. The van der Waals surface area contributed by atoms with Gasteiger partial charge in [0.25, 0.3) is 11.4 Å². The van der Waals surface area contributed by atoms with Gasteiger partial charge in [-0.05, 0) is 24.3 Å². The normalized spacial score (nSPS) is 10.0. The molecular formula is C12H10N4O4. The van der Waals surface area contributed by atoms with Gasteiger partial charge in [-0.1, -0.05) is 6.07 Å². The lowest BCUT2D eigenvalue weighted by molar-refractivity contribution is -0.393. The lowest BCUT2D eigenvalue weighted by Crippen LogP contribution is -1.99. The molecule has 0 aliphatic rings. The highest BCUT2D eigenvalue weighted by molar-refractivity contribution is 5.72. The molecule has 0 bridgehead atoms. The standard InChI is InChI=1S/C12H10N4O4/c13-8-2-1-3-9(6-8)14-11-5-4-10(15(17)18)7-12(11)16(19)20/h1-7,14H,13H2. The van der Waals surface area contributed by atoms with Crippen molar-refractivity contribution in [2.45, 2.75) is 0 Å². The Hall–Kier alpha value is -3.16. The predicted octanol–water partition coefficient (Wildman–Crippen LogP) is 2.83. The molecule has 0 fully saturated rings. The summed E-state index contributed by atoms with van der Waals surface area (Å²) in [5.74, 6) is 0. The predicted molar refractivity (Wildman–Crippen MR) is 73.9 cm³/mol. The van der Waals surface area contributed by atoms with E-state index in [1.165, 1.54) is 12.1 Å². The van der Waals surface area contributed by atoms with Crippen molar-refractivity contribution in [3.63, 3.8) is 0 Å². The van der Waals surface area contributed by atoms with Gasteiger partial charge in [-0.2, -0.15) is 0 Å². The van der Waals surface area contributed by atoms with Gasteiger partial charge in [0.05, 0.1) is 15.9 Å². The first kappa shape index (κ1) is 13.3. The van der Waals surface area contributed by atoms with Gasteiger partial charge in [0.2, 0.25) is 0 Å². The van der Waals surface area contributed by atoms with E-state index in [2.05, 4.69) is 5.32 Å². The summed E-state index contributed by atoms with van der Waals surface area (Å²) in [6.45, 7) is 0. The van der Waals surface area contributed by atoms with Crippen molar-refractivity contribution in [1.82, 2.24) is 0 Å². The van der Waals surface area contributed by atoms with Gasteiger partial charge in [0, 0.05) is 17.4 Å². The molecule has 0 unspecified atom stereocenters. The largest absolute Gasteiger partial charge is 0.399 e. The molecule has 0 saturated carbocycles. The molecule has 0 heterocycles. The number of nitrogens with zero attached hydrogens (tertiary/aromatic N) is 2. The number of nitrogens with one attached hydrogen (secondary N) is 1. The van der Waals surface area contributed by atoms with E-state index >= 15 is 0 Å². The maximum atomic E-state index is 11.0. The third-order valence-corrected chi connectivity index (χ3v) is 2.55. The van der Waals surface area contributed by atoms with Gasteiger partial charge < -0.3 is 11.1 Å². The van der Waals surface area contributed by atoms with Gasteiger partial charge in [-0.25, -0.2) is 0 Å². The van der Waals surface area contributed by atoms with Crippen LogP contribution in [0.1, 0.15) is 0 Å². The van der Waals surface area contributed by atoms with Gasteiger partial charge >= 0.3 is 0 Å². The van der Waals surface area contributed by atoms with E-state index in [0.717, 1.165) is 6.07 Å². The van der Waals surface area contributed by atoms with Crippen LogP contribution in [0, 0.1) is 20.2 Å². The van der Waals surface area contributed by atoms with Crippen LogP contribution in [0.3, 0.4) is 0 Å². The van der Waals surface area contributed by atoms with Crippen LogP contribution in [-0.4, -0.2) is 9.85 Å². The maximum absolute atomic E-state index is 11.0. The number of nitrogens with two attached hydrogens (primary N) is 1. The summed E-state index contributed by atoms with van der Waals surface area (Å²) in [5, 5.41) is 24.4. The monoisotopic (exact) mass is 274 g/mol. The minimum absolute atomic E-state index is 0.159. The number of nitrogen functional groups attached to an aromatic ring is 1. The molecule has 102 valence electrons. The van der Waals surface area contributed by atoms with E-state index in [1.54, 1.807) is 24.3 Å². The van der Waals surface area contributed by atoms with Crippen LogP contribution in [-0.2, 0) is 0 Å². The van der Waals surface area contributed by atoms with Crippen molar-refractivity contribution < 1.29 is 9.85 Å². The smallest absolute Gasteiger partial charge is 0.299 e. The van der Waals surface area contributed by atoms with Gasteiger partial charge in [-0.15, -0.1) is 0 Å². The lowest BCUT2D eigenvalue weighted by atomic mass is 10.2. The van der Waals surface area contributed by atoms with Crippen molar-refractivity contribution in [3.8, 4) is 0 Å². The van der Waals surface area contributed by atoms with Crippen molar-refractivity contribution >= 4 is 28.4 Å². The number of nitro groups is 2. The number of hydrogen-bond acceptors (Lipinski definition) is 6. The second-order valence-electron chi connectivity index (χ2n) is 3.97. The van der Waals surface area contributed by atoms with E-state index in [0.29, 0.717) is 11.4 Å². The molecule has 20 heavy (non-hydrogen) atoms. The molecule has 0 radical (unpaired) electrons. The molecule has 2 rings (SSSR count). The molecule has 0 spiro atoms. The molecule has 2 aromatic carbocycles. The lowest BCUT2D eigenvalue weighted by Gasteiger charge is -2.07. The van der Waals surface area contributed by atoms with Crippen molar-refractivity contribution in [1.29, 1.82) is 0 Å². The van der Waals surface area contributed by atoms with Crippen LogP contribution in [0.4, 0.5) is 28.4 Å². The minimum atomic E-state index is -0.683. The Morgan fingerprint density at radius 1 is 1.00 bits per heavy atom. The van der Waals surface area contributed by atoms with Crippen LogP contribution in [0.25, 0.3) is 0 Å². The third-order valence-electron chi connectivity index (χ3n) is 2.55. The fourth-order valence-electron chi connectivity index (χ4n) is 1.66. The van der Waals surface area contributed by atoms with Crippen LogP contribution in [0.2, 0.25) is 0 Å². The Labute approximate surface area is 113 Å². The van der Waals surface area contributed by atoms with Crippen molar-refractivity contribution in [2.24, 2.45) is 0 Å². The molecule has 8 heteroatoms. The molecule has 2 aromatic rings. The number of non-ortho nitro benzene ring substituents is 1. The number of hydrogen-bond donors (Lipinski definition) is 2. The number of benzene rings is 2. The Morgan fingerprint density at radius 3 is 2.35 bits per heavy atom. The van der Waals surface area contributed by atoms with Crippen molar-refractivity contribution in [3.05, 3.63) is 62.7 Å². The Balaban J connectivity index is 2.41. The summed E-state index contributed by atoms with van der Waals surface area (Å²) in [6.07, 6.45) is 0. The van der Waals surface area contributed by atoms with Crippen LogP contribution >= 0.6 is 0 Å². The number of nitro benzene ring substituents is 2. The average Bonchev–Trinajstić information content (AvgIpc) is 2.38. The van der Waals surface area contributed by atoms with Gasteiger partial charge in [-0.3, -0.25) is 20.2 Å². The molecule has 0 atom stereocenters. The second kappa shape index (κ2) is 5.22. The summed E-state index contributed by atoms with van der Waals surface area (Å²) in [5.41, 5.74) is 6.11. The Kier molecular flexibility index (Phi) is 3.47. The summed E-state index contributed by atoms with van der Waals surface area (Å²) < 4.78 is 0. The van der Waals surface area contributed by atoms with Crippen LogP contribution < -0.4 is 11.1 Å². The average molecular weight is 274 g/mol. The summed E-state index contributed by atoms with van der Waals surface area (Å²) in [4.78, 5) is 20.2. The van der Waals surface area contributed by atoms with Gasteiger partial charge in [0.15, 0.2) is 0 Å². The van der Waals surface area contributed by atoms with E-state index in [4.69, 9.17) is 5.73 Å².